The maximum absolute atomic E-state index is 12.9. The van der Waals surface area contributed by atoms with E-state index in [-0.39, 0.29) is 10.3 Å². The fraction of sp³-hybridized carbons (Fsp3) is 0.458. The topological polar surface area (TPSA) is 56.1 Å². The third-order valence-corrected chi connectivity index (χ3v) is 7.83. The van der Waals surface area contributed by atoms with Gasteiger partial charge in [-0.1, -0.05) is 12.1 Å². The number of anilines is 1. The lowest BCUT2D eigenvalue weighted by Gasteiger charge is -2.25. The number of alkyl halides is 3. The highest BCUT2D eigenvalue weighted by atomic mass is 32.1. The van der Waals surface area contributed by atoms with Crippen molar-refractivity contribution >= 4 is 27.4 Å². The fourth-order valence-corrected chi connectivity index (χ4v) is 6.15. The van der Waals surface area contributed by atoms with Crippen LogP contribution in [0.1, 0.15) is 28.8 Å². The molecule has 0 N–H and O–H groups in total. The third kappa shape index (κ3) is 4.82. The molecule has 1 atom stereocenters. The van der Waals surface area contributed by atoms with Crippen molar-refractivity contribution in [2.45, 2.75) is 31.9 Å². The SMILES string of the molecule is N#Cc1ccc(CCN2CCC3(CCN(c4ncnc5sc(CC(F)(F)F)cc45)C3)C2)cc1. The number of hydrogen-bond donors (Lipinski definition) is 0. The molecule has 1 spiro atoms. The summed E-state index contributed by atoms with van der Waals surface area (Å²) in [6.45, 7) is 4.79. The van der Waals surface area contributed by atoms with Gasteiger partial charge in [-0.3, -0.25) is 0 Å². The van der Waals surface area contributed by atoms with Crippen LogP contribution in [0.3, 0.4) is 0 Å². The Morgan fingerprint density at radius 2 is 1.88 bits per heavy atom. The van der Waals surface area contributed by atoms with Gasteiger partial charge < -0.3 is 9.80 Å². The average Bonchev–Trinajstić information content (AvgIpc) is 3.50. The number of halogens is 3. The summed E-state index contributed by atoms with van der Waals surface area (Å²) in [4.78, 5) is 14.3. The van der Waals surface area contributed by atoms with Crippen LogP contribution in [0.2, 0.25) is 0 Å². The van der Waals surface area contributed by atoms with Crippen molar-refractivity contribution in [1.82, 2.24) is 14.9 Å². The summed E-state index contributed by atoms with van der Waals surface area (Å²) >= 11 is 1.10. The minimum absolute atomic E-state index is 0.201. The molecule has 2 saturated heterocycles. The molecule has 2 aliphatic rings. The van der Waals surface area contributed by atoms with Crippen LogP contribution in [0.5, 0.6) is 0 Å². The molecular weight excluding hydrogens is 447 g/mol. The highest BCUT2D eigenvalue weighted by molar-refractivity contribution is 7.18. The van der Waals surface area contributed by atoms with Gasteiger partial charge in [0.1, 0.15) is 17.0 Å². The van der Waals surface area contributed by atoms with E-state index >= 15 is 0 Å². The molecule has 33 heavy (non-hydrogen) atoms. The summed E-state index contributed by atoms with van der Waals surface area (Å²) in [7, 11) is 0. The van der Waals surface area contributed by atoms with Crippen LogP contribution in [-0.2, 0) is 12.8 Å². The van der Waals surface area contributed by atoms with E-state index in [9.17, 15) is 13.2 Å². The number of likely N-dealkylation sites (tertiary alicyclic amines) is 1. The van der Waals surface area contributed by atoms with Gasteiger partial charge in [0.25, 0.3) is 0 Å². The first-order valence-electron chi connectivity index (χ1n) is 11.1. The van der Waals surface area contributed by atoms with Gasteiger partial charge in [0, 0.05) is 36.5 Å². The van der Waals surface area contributed by atoms with Crippen molar-refractivity contribution < 1.29 is 13.2 Å². The molecule has 2 aliphatic heterocycles. The van der Waals surface area contributed by atoms with E-state index in [1.165, 1.54) is 11.9 Å². The van der Waals surface area contributed by atoms with E-state index in [0.717, 1.165) is 74.5 Å². The molecule has 2 fully saturated rings. The predicted molar refractivity (Wildman–Crippen MR) is 122 cm³/mol. The predicted octanol–water partition coefficient (Wildman–Crippen LogP) is 4.81. The quantitative estimate of drug-likeness (QED) is 0.535. The molecule has 3 aromatic rings. The molecule has 4 heterocycles. The van der Waals surface area contributed by atoms with Crippen molar-refractivity contribution in [1.29, 1.82) is 5.26 Å². The second-order valence-electron chi connectivity index (χ2n) is 9.18. The first-order valence-corrected chi connectivity index (χ1v) is 11.9. The van der Waals surface area contributed by atoms with Gasteiger partial charge in [0.2, 0.25) is 0 Å². The molecule has 2 aromatic heterocycles. The number of thiophene rings is 1. The van der Waals surface area contributed by atoms with Crippen LogP contribution >= 0.6 is 11.3 Å². The standard InChI is InChI=1S/C24H24F3N5S/c25-24(26,27)12-19-11-20-21(29-16-30-22(20)33-19)32-10-7-23(15-32)6-9-31(14-23)8-5-17-1-3-18(13-28)4-2-17/h1-4,11,16H,5-10,12,14-15H2. The summed E-state index contributed by atoms with van der Waals surface area (Å²) in [5.41, 5.74) is 2.12. The number of aromatic nitrogens is 2. The molecule has 0 amide bonds. The number of nitriles is 1. The van der Waals surface area contributed by atoms with Crippen LogP contribution in [0.25, 0.3) is 10.2 Å². The van der Waals surface area contributed by atoms with Crippen LogP contribution in [0, 0.1) is 16.7 Å². The van der Waals surface area contributed by atoms with Crippen LogP contribution in [0.15, 0.2) is 36.7 Å². The first kappa shape index (κ1) is 22.1. The zero-order chi connectivity index (χ0) is 23.1. The maximum atomic E-state index is 12.9. The van der Waals surface area contributed by atoms with E-state index < -0.39 is 12.6 Å². The van der Waals surface area contributed by atoms with Gasteiger partial charge in [-0.2, -0.15) is 18.4 Å². The third-order valence-electron chi connectivity index (χ3n) is 6.79. The highest BCUT2D eigenvalue weighted by Crippen LogP contribution is 2.43. The van der Waals surface area contributed by atoms with E-state index in [1.807, 2.05) is 24.3 Å². The second-order valence-corrected chi connectivity index (χ2v) is 10.3. The second kappa shape index (κ2) is 8.58. The van der Waals surface area contributed by atoms with Crippen molar-refractivity contribution in [3.63, 3.8) is 0 Å². The van der Waals surface area contributed by atoms with E-state index in [4.69, 9.17) is 5.26 Å². The van der Waals surface area contributed by atoms with Gasteiger partial charge in [0.15, 0.2) is 0 Å². The summed E-state index contributed by atoms with van der Waals surface area (Å²) in [6.07, 6.45) is -0.549. The van der Waals surface area contributed by atoms with Gasteiger partial charge in [-0.25, -0.2) is 9.97 Å². The van der Waals surface area contributed by atoms with Crippen molar-refractivity contribution in [3.05, 3.63) is 52.7 Å². The van der Waals surface area contributed by atoms with Crippen molar-refractivity contribution in [2.75, 3.05) is 37.6 Å². The Kier molecular flexibility index (Phi) is 5.75. The Hall–Kier alpha value is -2.70. The van der Waals surface area contributed by atoms with E-state index in [0.29, 0.717) is 10.4 Å². The Bertz CT molecular complexity index is 1180. The molecule has 1 unspecified atom stereocenters. The summed E-state index contributed by atoms with van der Waals surface area (Å²) in [6, 6.07) is 11.5. The summed E-state index contributed by atoms with van der Waals surface area (Å²) in [5.74, 6) is 0.762. The van der Waals surface area contributed by atoms with Crippen LogP contribution in [-0.4, -0.2) is 53.8 Å². The van der Waals surface area contributed by atoms with Crippen LogP contribution < -0.4 is 4.90 Å². The smallest absolute Gasteiger partial charge is 0.355 e. The highest BCUT2D eigenvalue weighted by Gasteiger charge is 2.44. The first-order chi connectivity index (χ1) is 15.8. The Balaban J connectivity index is 1.24. The van der Waals surface area contributed by atoms with Gasteiger partial charge in [-0.15, -0.1) is 11.3 Å². The normalized spacial score (nSPS) is 21.3. The van der Waals surface area contributed by atoms with Crippen molar-refractivity contribution in [3.8, 4) is 6.07 Å². The van der Waals surface area contributed by atoms with Gasteiger partial charge >= 0.3 is 6.18 Å². The largest absolute Gasteiger partial charge is 0.393 e. The number of rotatable bonds is 5. The minimum atomic E-state index is -4.22. The van der Waals surface area contributed by atoms with Gasteiger partial charge in [0.05, 0.1) is 23.4 Å². The lowest BCUT2D eigenvalue weighted by molar-refractivity contribution is -0.126. The number of nitrogens with zero attached hydrogens (tertiary/aromatic N) is 5. The minimum Gasteiger partial charge on any atom is -0.355 e. The average molecular weight is 472 g/mol. The zero-order valence-electron chi connectivity index (χ0n) is 18.1. The zero-order valence-corrected chi connectivity index (χ0v) is 18.9. The molecule has 0 bridgehead atoms. The molecular formula is C24H24F3N5S. The Morgan fingerprint density at radius 1 is 1.09 bits per heavy atom. The monoisotopic (exact) mass is 471 g/mol. The molecule has 1 aromatic carbocycles. The van der Waals surface area contributed by atoms with E-state index in [2.05, 4.69) is 25.8 Å². The Labute approximate surface area is 194 Å². The molecule has 5 rings (SSSR count). The molecule has 0 saturated carbocycles. The molecule has 0 aliphatic carbocycles. The lowest BCUT2D eigenvalue weighted by atomic mass is 9.86. The number of fused-ring (bicyclic) bond motifs is 1. The number of benzene rings is 1. The molecule has 172 valence electrons. The lowest BCUT2D eigenvalue weighted by Crippen LogP contribution is -2.32. The summed E-state index contributed by atoms with van der Waals surface area (Å²) < 4.78 is 38.6. The fourth-order valence-electron chi connectivity index (χ4n) is 5.13. The van der Waals surface area contributed by atoms with Gasteiger partial charge in [-0.05, 0) is 49.6 Å². The molecule has 5 nitrogen and oxygen atoms in total. The summed E-state index contributed by atoms with van der Waals surface area (Å²) in [5, 5.41) is 9.67. The van der Waals surface area contributed by atoms with E-state index in [1.54, 1.807) is 6.07 Å². The van der Waals surface area contributed by atoms with Crippen molar-refractivity contribution in [2.24, 2.45) is 5.41 Å². The number of hydrogen-bond acceptors (Lipinski definition) is 6. The molecule has 9 heteroatoms. The van der Waals surface area contributed by atoms with Crippen LogP contribution in [0.4, 0.5) is 19.0 Å². The maximum Gasteiger partial charge on any atom is 0.393 e. The molecule has 0 radical (unpaired) electrons. The Morgan fingerprint density at radius 3 is 2.64 bits per heavy atom.